The quantitative estimate of drug-likeness (QED) is 0.410. The van der Waals surface area contributed by atoms with E-state index in [1.807, 2.05) is 30.1 Å². The number of nitrogens with zero attached hydrogens (tertiary/aromatic N) is 4. The van der Waals surface area contributed by atoms with Gasteiger partial charge in [-0.3, -0.25) is 4.40 Å². The van der Waals surface area contributed by atoms with Crippen molar-refractivity contribution in [2.24, 2.45) is 7.05 Å². The lowest BCUT2D eigenvalue weighted by Gasteiger charge is -2.11. The Morgan fingerprint density at radius 2 is 1.85 bits per heavy atom. The third-order valence-electron chi connectivity index (χ3n) is 4.95. The molecule has 0 aliphatic carbocycles. The van der Waals surface area contributed by atoms with Crippen LogP contribution in [0.1, 0.15) is 11.1 Å². The van der Waals surface area contributed by atoms with Gasteiger partial charge in [-0.2, -0.15) is 0 Å². The summed E-state index contributed by atoms with van der Waals surface area (Å²) in [5.41, 5.74) is 4.97. The Balaban J connectivity index is 2.03. The maximum absolute atomic E-state index is 14.0. The number of aryl methyl sites for hydroxylation is 3. The van der Waals surface area contributed by atoms with E-state index >= 15 is 0 Å². The molecule has 0 saturated heterocycles. The zero-order chi connectivity index (χ0) is 18.0. The number of halogens is 1. The van der Waals surface area contributed by atoms with Gasteiger partial charge in [0.25, 0.3) is 0 Å². The largest absolute Gasteiger partial charge is 0.333 e. The Labute approximate surface area is 149 Å². The number of hydrogen-bond donors (Lipinski definition) is 0. The predicted octanol–water partition coefficient (Wildman–Crippen LogP) is 4.80. The Bertz CT molecular complexity index is 1330. The van der Waals surface area contributed by atoms with E-state index in [9.17, 15) is 4.39 Å². The second kappa shape index (κ2) is 5.14. The summed E-state index contributed by atoms with van der Waals surface area (Å²) in [4.78, 5) is 9.26. The van der Waals surface area contributed by atoms with Crippen LogP contribution >= 0.6 is 0 Å². The van der Waals surface area contributed by atoms with Crippen LogP contribution < -0.4 is 0 Å². The zero-order valence-electron chi connectivity index (χ0n) is 14.8. The van der Waals surface area contributed by atoms with Crippen molar-refractivity contribution >= 4 is 27.3 Å². The summed E-state index contributed by atoms with van der Waals surface area (Å²) in [5, 5.41) is 2.86. The van der Waals surface area contributed by atoms with E-state index in [-0.39, 0.29) is 5.82 Å². The highest BCUT2D eigenvalue weighted by Gasteiger charge is 2.16. The molecule has 5 rings (SSSR count). The first kappa shape index (κ1) is 15.1. The monoisotopic (exact) mass is 344 g/mol. The van der Waals surface area contributed by atoms with Crippen LogP contribution in [0.15, 0.2) is 48.9 Å². The lowest BCUT2D eigenvalue weighted by atomic mass is 10.0. The van der Waals surface area contributed by atoms with Gasteiger partial charge in [-0.15, -0.1) is 0 Å². The van der Waals surface area contributed by atoms with E-state index in [2.05, 4.69) is 35.4 Å². The Morgan fingerprint density at radius 3 is 2.62 bits per heavy atom. The normalized spacial score (nSPS) is 11.8. The zero-order valence-corrected chi connectivity index (χ0v) is 14.8. The van der Waals surface area contributed by atoms with E-state index in [0.29, 0.717) is 0 Å². The van der Waals surface area contributed by atoms with Gasteiger partial charge in [0.15, 0.2) is 5.82 Å². The Kier molecular flexibility index (Phi) is 2.98. The third-order valence-corrected chi connectivity index (χ3v) is 4.95. The van der Waals surface area contributed by atoms with Crippen molar-refractivity contribution in [3.8, 4) is 11.5 Å². The molecule has 0 radical (unpaired) electrons. The van der Waals surface area contributed by atoms with E-state index in [1.165, 1.54) is 6.07 Å². The van der Waals surface area contributed by atoms with Crippen molar-refractivity contribution in [3.63, 3.8) is 0 Å². The third kappa shape index (κ3) is 2.00. The maximum atomic E-state index is 14.0. The summed E-state index contributed by atoms with van der Waals surface area (Å²) < 4.78 is 18.1. The summed E-state index contributed by atoms with van der Waals surface area (Å²) in [6.45, 7) is 4.15. The Hall–Kier alpha value is -3.21. The second-order valence-electron chi connectivity index (χ2n) is 6.85. The van der Waals surface area contributed by atoms with Crippen LogP contribution in [0.25, 0.3) is 38.8 Å². The lowest BCUT2D eigenvalue weighted by Crippen LogP contribution is -1.94. The molecular weight excluding hydrogens is 327 g/mol. The Morgan fingerprint density at radius 1 is 1.00 bits per heavy atom. The average molecular weight is 344 g/mol. The lowest BCUT2D eigenvalue weighted by molar-refractivity contribution is 0.630. The molecule has 3 heterocycles. The predicted molar refractivity (Wildman–Crippen MR) is 102 cm³/mol. The fraction of sp³-hybridized carbons (Fsp3) is 0.143. The smallest absolute Gasteiger partial charge is 0.160 e. The van der Waals surface area contributed by atoms with E-state index in [1.54, 1.807) is 12.3 Å². The van der Waals surface area contributed by atoms with Crippen LogP contribution in [0.4, 0.5) is 4.39 Å². The molecule has 3 aromatic heterocycles. The first-order chi connectivity index (χ1) is 12.5. The second-order valence-corrected chi connectivity index (χ2v) is 6.85. The standard InChI is InChI=1S/C21H17FN4/c1-12-8-13(2)19-17(9-12)16-10-14(22)4-5-15(16)20-24-18(11-26(19)20)21-23-6-7-25(21)3/h4-11H,1-3H3. The topological polar surface area (TPSA) is 35.1 Å². The van der Waals surface area contributed by atoms with Gasteiger partial charge in [-0.05, 0) is 49.1 Å². The molecule has 0 unspecified atom stereocenters. The summed E-state index contributed by atoms with van der Waals surface area (Å²) in [6, 6.07) is 9.17. The number of rotatable bonds is 1. The first-order valence-electron chi connectivity index (χ1n) is 8.52. The van der Waals surface area contributed by atoms with Crippen molar-refractivity contribution in [1.82, 2.24) is 18.9 Å². The van der Waals surface area contributed by atoms with Gasteiger partial charge >= 0.3 is 0 Å². The van der Waals surface area contributed by atoms with E-state index < -0.39 is 0 Å². The molecule has 2 aromatic carbocycles. The van der Waals surface area contributed by atoms with Gasteiger partial charge in [0.05, 0.1) is 5.52 Å². The summed E-state index contributed by atoms with van der Waals surface area (Å²) >= 11 is 0. The van der Waals surface area contributed by atoms with Crippen LogP contribution in [0.5, 0.6) is 0 Å². The average Bonchev–Trinajstić information content (AvgIpc) is 3.20. The maximum Gasteiger partial charge on any atom is 0.160 e. The van der Waals surface area contributed by atoms with Crippen molar-refractivity contribution in [1.29, 1.82) is 0 Å². The molecule has 0 atom stereocenters. The number of pyridine rings is 1. The van der Waals surface area contributed by atoms with Crippen molar-refractivity contribution < 1.29 is 4.39 Å². The van der Waals surface area contributed by atoms with Crippen LogP contribution in [-0.4, -0.2) is 18.9 Å². The minimum absolute atomic E-state index is 0.238. The van der Waals surface area contributed by atoms with Gasteiger partial charge in [0.2, 0.25) is 0 Å². The molecular formula is C21H17FN4. The van der Waals surface area contributed by atoms with Gasteiger partial charge in [-0.1, -0.05) is 11.6 Å². The molecule has 0 spiro atoms. The minimum Gasteiger partial charge on any atom is -0.333 e. The molecule has 0 aliphatic heterocycles. The number of imidazole rings is 2. The van der Waals surface area contributed by atoms with Crippen molar-refractivity contribution in [3.05, 3.63) is 65.9 Å². The number of fused-ring (bicyclic) bond motifs is 6. The summed E-state index contributed by atoms with van der Waals surface area (Å²) in [5.74, 6) is 0.570. The number of aromatic nitrogens is 4. The van der Waals surface area contributed by atoms with Gasteiger partial charge in [0, 0.05) is 36.4 Å². The summed E-state index contributed by atoms with van der Waals surface area (Å²) in [7, 11) is 1.95. The molecule has 0 aliphatic rings. The van der Waals surface area contributed by atoms with Gasteiger partial charge in [0.1, 0.15) is 17.2 Å². The highest BCUT2D eigenvalue weighted by Crippen LogP contribution is 2.33. The summed E-state index contributed by atoms with van der Waals surface area (Å²) in [6.07, 6.45) is 5.68. The molecule has 5 aromatic rings. The van der Waals surface area contributed by atoms with Crippen molar-refractivity contribution in [2.75, 3.05) is 0 Å². The number of benzene rings is 2. The fourth-order valence-electron chi connectivity index (χ4n) is 3.88. The van der Waals surface area contributed by atoms with E-state index in [4.69, 9.17) is 4.98 Å². The molecule has 5 heteroatoms. The van der Waals surface area contributed by atoms with Crippen LogP contribution in [0.3, 0.4) is 0 Å². The molecule has 0 N–H and O–H groups in total. The fourth-order valence-corrected chi connectivity index (χ4v) is 3.88. The SMILES string of the molecule is Cc1cc(C)c2c(c1)c1cc(F)ccc1c1nc(-c3nccn3C)cn12. The van der Waals surface area contributed by atoms with Gasteiger partial charge in [-0.25, -0.2) is 14.4 Å². The van der Waals surface area contributed by atoms with Crippen LogP contribution in [-0.2, 0) is 7.05 Å². The first-order valence-corrected chi connectivity index (χ1v) is 8.52. The molecule has 26 heavy (non-hydrogen) atoms. The number of hydrogen-bond acceptors (Lipinski definition) is 2. The molecule has 0 saturated carbocycles. The molecule has 0 bridgehead atoms. The van der Waals surface area contributed by atoms with Crippen molar-refractivity contribution in [2.45, 2.75) is 13.8 Å². The molecule has 128 valence electrons. The highest BCUT2D eigenvalue weighted by molar-refractivity contribution is 6.12. The highest BCUT2D eigenvalue weighted by atomic mass is 19.1. The molecule has 0 amide bonds. The minimum atomic E-state index is -0.238. The molecule has 4 nitrogen and oxygen atoms in total. The van der Waals surface area contributed by atoms with Gasteiger partial charge < -0.3 is 4.57 Å². The van der Waals surface area contributed by atoms with E-state index in [0.717, 1.165) is 50.0 Å². The molecule has 0 fully saturated rings. The van der Waals surface area contributed by atoms with Crippen LogP contribution in [0.2, 0.25) is 0 Å². The van der Waals surface area contributed by atoms with Crippen LogP contribution in [0, 0.1) is 19.7 Å².